The Bertz CT molecular complexity index is 395. The molecular formula is C18H30N2O. The molecular weight excluding hydrogens is 260 g/mol. The van der Waals surface area contributed by atoms with Crippen LogP contribution >= 0.6 is 0 Å². The van der Waals surface area contributed by atoms with Crippen LogP contribution in [0.25, 0.3) is 0 Å². The predicted octanol–water partition coefficient (Wildman–Crippen LogP) is 2.96. The molecule has 0 aliphatic heterocycles. The van der Waals surface area contributed by atoms with Gasteiger partial charge in [0.05, 0.1) is 6.10 Å². The molecule has 1 aliphatic carbocycles. The lowest BCUT2D eigenvalue weighted by Crippen LogP contribution is -2.44. The molecule has 2 N–H and O–H groups in total. The molecule has 3 atom stereocenters. The molecule has 3 heteroatoms. The second-order valence-corrected chi connectivity index (χ2v) is 6.21. The third-order valence-electron chi connectivity index (χ3n) is 4.68. The van der Waals surface area contributed by atoms with Gasteiger partial charge in [0.15, 0.2) is 0 Å². The van der Waals surface area contributed by atoms with E-state index in [4.69, 9.17) is 0 Å². The van der Waals surface area contributed by atoms with Crippen LogP contribution in [0, 0.1) is 0 Å². The van der Waals surface area contributed by atoms with E-state index in [0.29, 0.717) is 12.1 Å². The molecule has 0 aromatic heterocycles. The van der Waals surface area contributed by atoms with Crippen molar-refractivity contribution in [3.8, 4) is 0 Å². The van der Waals surface area contributed by atoms with Crippen molar-refractivity contribution in [3.05, 3.63) is 35.9 Å². The fraction of sp³-hybridized carbons (Fsp3) is 0.667. The molecule has 3 unspecified atom stereocenters. The zero-order valence-electron chi connectivity index (χ0n) is 13.5. The average molecular weight is 290 g/mol. The summed E-state index contributed by atoms with van der Waals surface area (Å²) in [6.07, 6.45) is 5.46. The molecule has 118 valence electrons. The molecule has 21 heavy (non-hydrogen) atoms. The van der Waals surface area contributed by atoms with Crippen molar-refractivity contribution >= 4 is 0 Å². The smallest absolute Gasteiger partial charge is 0.0695 e. The van der Waals surface area contributed by atoms with Gasteiger partial charge in [-0.25, -0.2) is 0 Å². The normalized spacial score (nSPS) is 24.2. The molecule has 1 fully saturated rings. The van der Waals surface area contributed by atoms with E-state index in [1.54, 1.807) is 0 Å². The Morgan fingerprint density at radius 1 is 1.24 bits per heavy atom. The molecule has 3 nitrogen and oxygen atoms in total. The Balaban J connectivity index is 1.89. The van der Waals surface area contributed by atoms with Crippen LogP contribution in [0.1, 0.15) is 50.6 Å². The van der Waals surface area contributed by atoms with Crippen molar-refractivity contribution in [2.75, 3.05) is 20.1 Å². The van der Waals surface area contributed by atoms with E-state index >= 15 is 0 Å². The van der Waals surface area contributed by atoms with Crippen LogP contribution in [0.2, 0.25) is 0 Å². The summed E-state index contributed by atoms with van der Waals surface area (Å²) in [6.45, 7) is 4.16. The van der Waals surface area contributed by atoms with E-state index in [1.807, 2.05) is 0 Å². The van der Waals surface area contributed by atoms with Gasteiger partial charge in [0, 0.05) is 18.6 Å². The minimum Gasteiger partial charge on any atom is -0.391 e. The van der Waals surface area contributed by atoms with Crippen LogP contribution in [-0.2, 0) is 0 Å². The monoisotopic (exact) mass is 290 g/mol. The van der Waals surface area contributed by atoms with E-state index < -0.39 is 0 Å². The Morgan fingerprint density at radius 3 is 2.62 bits per heavy atom. The molecule has 0 amide bonds. The van der Waals surface area contributed by atoms with Gasteiger partial charge in [0.1, 0.15) is 0 Å². The highest BCUT2D eigenvalue weighted by Crippen LogP contribution is 2.24. The van der Waals surface area contributed by atoms with Gasteiger partial charge < -0.3 is 15.3 Å². The third kappa shape index (κ3) is 4.80. The number of hydrogen-bond donors (Lipinski definition) is 2. The Morgan fingerprint density at radius 2 is 1.95 bits per heavy atom. The first-order valence-corrected chi connectivity index (χ1v) is 8.39. The summed E-state index contributed by atoms with van der Waals surface area (Å²) in [5, 5.41) is 13.7. The van der Waals surface area contributed by atoms with E-state index in [0.717, 1.165) is 32.4 Å². The molecule has 2 rings (SSSR count). The summed E-state index contributed by atoms with van der Waals surface area (Å²) in [4.78, 5) is 2.36. The predicted molar refractivity (Wildman–Crippen MR) is 88.4 cm³/mol. The van der Waals surface area contributed by atoms with Gasteiger partial charge in [-0.3, -0.25) is 0 Å². The number of aliphatic hydroxyl groups excluding tert-OH is 1. The number of nitrogens with zero attached hydrogens (tertiary/aromatic N) is 1. The molecule has 1 saturated carbocycles. The first kappa shape index (κ1) is 16.5. The van der Waals surface area contributed by atoms with E-state index in [2.05, 4.69) is 54.5 Å². The standard InChI is InChI=1S/C18H30N2O/c1-3-19-16(15-9-5-4-6-10-15)13-14-20(2)17-11-7-8-12-18(17)21/h4-6,9-10,16-19,21H,3,7-8,11-14H2,1-2H3. The highest BCUT2D eigenvalue weighted by molar-refractivity contribution is 5.18. The number of hydrogen-bond acceptors (Lipinski definition) is 3. The molecule has 0 heterocycles. The lowest BCUT2D eigenvalue weighted by Gasteiger charge is -2.36. The maximum Gasteiger partial charge on any atom is 0.0695 e. The quantitative estimate of drug-likeness (QED) is 0.810. The summed E-state index contributed by atoms with van der Waals surface area (Å²) in [5.41, 5.74) is 1.36. The summed E-state index contributed by atoms with van der Waals surface area (Å²) in [5.74, 6) is 0. The van der Waals surface area contributed by atoms with Gasteiger partial charge in [-0.05, 0) is 38.4 Å². The molecule has 0 spiro atoms. The molecule has 1 aromatic rings. The van der Waals surface area contributed by atoms with Crippen molar-refractivity contribution in [2.24, 2.45) is 0 Å². The molecule has 1 aromatic carbocycles. The first-order chi connectivity index (χ1) is 10.2. The SMILES string of the molecule is CCNC(CCN(C)C1CCCCC1O)c1ccccc1. The fourth-order valence-corrected chi connectivity index (χ4v) is 3.42. The number of nitrogens with one attached hydrogen (secondary N) is 1. The van der Waals surface area contributed by atoms with Crippen LogP contribution in [0.4, 0.5) is 0 Å². The minimum atomic E-state index is -0.141. The van der Waals surface area contributed by atoms with Gasteiger partial charge >= 0.3 is 0 Å². The van der Waals surface area contributed by atoms with Crippen molar-refractivity contribution in [2.45, 2.75) is 57.2 Å². The van der Waals surface area contributed by atoms with E-state index in [-0.39, 0.29) is 6.10 Å². The van der Waals surface area contributed by atoms with Crippen LogP contribution < -0.4 is 5.32 Å². The summed E-state index contributed by atoms with van der Waals surface area (Å²) >= 11 is 0. The second kappa shape index (κ2) is 8.52. The molecule has 0 bridgehead atoms. The van der Waals surface area contributed by atoms with Crippen LogP contribution in [0.5, 0.6) is 0 Å². The minimum absolute atomic E-state index is 0.141. The number of likely N-dealkylation sites (N-methyl/N-ethyl adjacent to an activating group) is 1. The molecule has 1 aliphatic rings. The summed E-state index contributed by atoms with van der Waals surface area (Å²) in [7, 11) is 2.16. The highest BCUT2D eigenvalue weighted by Gasteiger charge is 2.26. The first-order valence-electron chi connectivity index (χ1n) is 8.39. The van der Waals surface area contributed by atoms with Crippen LogP contribution in [0.3, 0.4) is 0 Å². The Labute approximate surface area is 129 Å². The average Bonchev–Trinajstić information content (AvgIpc) is 2.52. The van der Waals surface area contributed by atoms with Gasteiger partial charge in [-0.2, -0.15) is 0 Å². The Hall–Kier alpha value is -0.900. The lowest BCUT2D eigenvalue weighted by atomic mass is 9.91. The van der Waals surface area contributed by atoms with E-state index in [1.165, 1.54) is 18.4 Å². The maximum absolute atomic E-state index is 10.2. The number of rotatable bonds is 7. The fourth-order valence-electron chi connectivity index (χ4n) is 3.42. The zero-order valence-corrected chi connectivity index (χ0v) is 13.5. The van der Waals surface area contributed by atoms with Gasteiger partial charge in [-0.15, -0.1) is 0 Å². The van der Waals surface area contributed by atoms with Crippen molar-refractivity contribution in [1.29, 1.82) is 0 Å². The topological polar surface area (TPSA) is 35.5 Å². The summed E-state index contributed by atoms with van der Waals surface area (Å²) < 4.78 is 0. The van der Waals surface area contributed by atoms with Gasteiger partial charge in [0.25, 0.3) is 0 Å². The largest absolute Gasteiger partial charge is 0.391 e. The third-order valence-corrected chi connectivity index (χ3v) is 4.68. The maximum atomic E-state index is 10.2. The van der Waals surface area contributed by atoms with Crippen LogP contribution in [-0.4, -0.2) is 42.3 Å². The van der Waals surface area contributed by atoms with Crippen molar-refractivity contribution in [1.82, 2.24) is 10.2 Å². The number of aliphatic hydroxyl groups is 1. The second-order valence-electron chi connectivity index (χ2n) is 6.21. The van der Waals surface area contributed by atoms with Crippen LogP contribution in [0.15, 0.2) is 30.3 Å². The molecule has 0 radical (unpaired) electrons. The van der Waals surface area contributed by atoms with Gasteiger partial charge in [0.2, 0.25) is 0 Å². The van der Waals surface area contributed by atoms with Crippen molar-refractivity contribution < 1.29 is 5.11 Å². The van der Waals surface area contributed by atoms with Gasteiger partial charge in [-0.1, -0.05) is 50.1 Å². The highest BCUT2D eigenvalue weighted by atomic mass is 16.3. The molecule has 0 saturated heterocycles. The summed E-state index contributed by atoms with van der Waals surface area (Å²) in [6, 6.07) is 11.4. The lowest BCUT2D eigenvalue weighted by molar-refractivity contribution is 0.0307. The zero-order chi connectivity index (χ0) is 15.1. The Kier molecular flexibility index (Phi) is 6.68. The van der Waals surface area contributed by atoms with E-state index in [9.17, 15) is 5.11 Å². The number of benzene rings is 1. The van der Waals surface area contributed by atoms with Crippen molar-refractivity contribution in [3.63, 3.8) is 0 Å².